The second-order valence-electron chi connectivity index (χ2n) is 4.25. The van der Waals surface area contributed by atoms with E-state index in [0.717, 1.165) is 0 Å². The third-order valence-corrected chi connectivity index (χ3v) is 2.01. The van der Waals surface area contributed by atoms with E-state index in [2.05, 4.69) is 5.32 Å². The van der Waals surface area contributed by atoms with Crippen molar-refractivity contribution >= 4 is 11.9 Å². The lowest BCUT2D eigenvalue weighted by molar-refractivity contribution is -0.137. The molecule has 4 N–H and O–H groups in total. The van der Waals surface area contributed by atoms with Crippen LogP contribution in [-0.2, 0) is 9.59 Å². The fraction of sp³-hybridized carbons (Fsp3) is 0.700. The van der Waals surface area contributed by atoms with Crippen molar-refractivity contribution in [2.24, 2.45) is 11.1 Å². The summed E-state index contributed by atoms with van der Waals surface area (Å²) in [5.41, 5.74) is 4.83. The van der Waals surface area contributed by atoms with Crippen LogP contribution >= 0.6 is 0 Å². The predicted molar refractivity (Wildman–Crippen MR) is 57.2 cm³/mol. The number of amides is 1. The van der Waals surface area contributed by atoms with E-state index < -0.39 is 23.3 Å². The van der Waals surface area contributed by atoms with E-state index in [0.29, 0.717) is 0 Å². The van der Waals surface area contributed by atoms with E-state index in [1.54, 1.807) is 13.8 Å². The number of rotatable bonds is 6. The number of nitrogens with one attached hydrogen (secondary N) is 1. The second kappa shape index (κ2) is 6.08. The molecular weight excluding hydrogens is 210 g/mol. The summed E-state index contributed by atoms with van der Waals surface area (Å²) in [6, 6.07) is 1.19. The fourth-order valence-corrected chi connectivity index (χ4v) is 0.889. The SMILES string of the molecule is CC(C)(C#N)CNC(=O)C(N)CCC(=O)O. The molecule has 0 rings (SSSR count). The number of nitrogens with two attached hydrogens (primary N) is 1. The monoisotopic (exact) mass is 227 g/mol. The van der Waals surface area contributed by atoms with Gasteiger partial charge in [-0.3, -0.25) is 9.59 Å². The van der Waals surface area contributed by atoms with Crippen LogP contribution in [0.1, 0.15) is 26.7 Å². The Hall–Kier alpha value is -1.61. The van der Waals surface area contributed by atoms with Crippen molar-refractivity contribution in [1.29, 1.82) is 5.26 Å². The van der Waals surface area contributed by atoms with Gasteiger partial charge < -0.3 is 16.2 Å². The topological polar surface area (TPSA) is 116 Å². The van der Waals surface area contributed by atoms with Gasteiger partial charge in [0.05, 0.1) is 17.5 Å². The van der Waals surface area contributed by atoms with Gasteiger partial charge in [0.15, 0.2) is 0 Å². The van der Waals surface area contributed by atoms with E-state index in [1.807, 2.05) is 6.07 Å². The van der Waals surface area contributed by atoms with E-state index in [-0.39, 0.29) is 19.4 Å². The van der Waals surface area contributed by atoms with E-state index in [1.165, 1.54) is 0 Å². The molecule has 0 aliphatic rings. The van der Waals surface area contributed by atoms with Crippen molar-refractivity contribution in [2.45, 2.75) is 32.7 Å². The number of carboxylic acid groups (broad SMARTS) is 1. The quantitative estimate of drug-likeness (QED) is 0.583. The minimum Gasteiger partial charge on any atom is -0.481 e. The molecule has 0 saturated heterocycles. The molecule has 0 aliphatic heterocycles. The Kier molecular flexibility index (Phi) is 5.47. The van der Waals surface area contributed by atoms with Crippen LogP contribution in [0.15, 0.2) is 0 Å². The third-order valence-electron chi connectivity index (χ3n) is 2.01. The molecule has 0 radical (unpaired) electrons. The van der Waals surface area contributed by atoms with Crippen molar-refractivity contribution in [2.75, 3.05) is 6.54 Å². The Bertz CT molecular complexity index is 307. The highest BCUT2D eigenvalue weighted by atomic mass is 16.4. The molecule has 1 unspecified atom stereocenters. The van der Waals surface area contributed by atoms with Crippen LogP contribution in [0.5, 0.6) is 0 Å². The van der Waals surface area contributed by atoms with Gasteiger partial charge in [0.2, 0.25) is 5.91 Å². The van der Waals surface area contributed by atoms with Crippen LogP contribution < -0.4 is 11.1 Å². The van der Waals surface area contributed by atoms with Gasteiger partial charge in [0, 0.05) is 13.0 Å². The zero-order chi connectivity index (χ0) is 12.8. The van der Waals surface area contributed by atoms with E-state index in [9.17, 15) is 9.59 Å². The normalized spacial score (nSPS) is 12.6. The van der Waals surface area contributed by atoms with Crippen LogP contribution in [0.4, 0.5) is 0 Å². The van der Waals surface area contributed by atoms with Crippen molar-refractivity contribution in [1.82, 2.24) is 5.32 Å². The standard InChI is InChI=1S/C10H17N3O3/c1-10(2,5-11)6-13-9(16)7(12)3-4-8(14)15/h7H,3-4,6,12H2,1-2H3,(H,13,16)(H,14,15). The molecule has 90 valence electrons. The molecule has 0 aliphatic carbocycles. The largest absolute Gasteiger partial charge is 0.481 e. The van der Waals surface area contributed by atoms with Crippen LogP contribution in [-0.4, -0.2) is 29.6 Å². The number of carboxylic acids is 1. The third kappa shape index (κ3) is 5.98. The summed E-state index contributed by atoms with van der Waals surface area (Å²) in [5, 5.41) is 19.6. The maximum Gasteiger partial charge on any atom is 0.303 e. The van der Waals surface area contributed by atoms with Gasteiger partial charge in [-0.1, -0.05) is 0 Å². The Labute approximate surface area is 94.4 Å². The van der Waals surface area contributed by atoms with Gasteiger partial charge in [-0.2, -0.15) is 5.26 Å². The lowest BCUT2D eigenvalue weighted by Crippen LogP contribution is -2.44. The number of carbonyl (C=O) groups is 2. The second-order valence-corrected chi connectivity index (χ2v) is 4.25. The van der Waals surface area contributed by atoms with Gasteiger partial charge in [-0.15, -0.1) is 0 Å². The average Bonchev–Trinajstić information content (AvgIpc) is 2.22. The van der Waals surface area contributed by atoms with Crippen LogP contribution in [0.3, 0.4) is 0 Å². The molecule has 0 saturated carbocycles. The fourth-order valence-electron chi connectivity index (χ4n) is 0.889. The zero-order valence-electron chi connectivity index (χ0n) is 9.49. The molecular formula is C10H17N3O3. The number of hydrogen-bond donors (Lipinski definition) is 3. The van der Waals surface area contributed by atoms with Crippen LogP contribution in [0, 0.1) is 16.7 Å². The molecule has 0 spiro atoms. The smallest absolute Gasteiger partial charge is 0.303 e. The minimum absolute atomic E-state index is 0.0914. The Morgan fingerprint density at radius 3 is 2.56 bits per heavy atom. The first kappa shape index (κ1) is 14.4. The highest BCUT2D eigenvalue weighted by Crippen LogP contribution is 2.10. The first-order valence-electron chi connectivity index (χ1n) is 4.95. The first-order chi connectivity index (χ1) is 7.28. The summed E-state index contributed by atoms with van der Waals surface area (Å²) in [6.07, 6.45) is -0.0512. The summed E-state index contributed by atoms with van der Waals surface area (Å²) in [6.45, 7) is 3.58. The Morgan fingerprint density at radius 1 is 1.56 bits per heavy atom. The van der Waals surface area contributed by atoms with Crippen molar-refractivity contribution in [3.63, 3.8) is 0 Å². The lowest BCUT2D eigenvalue weighted by Gasteiger charge is -2.17. The van der Waals surface area contributed by atoms with Gasteiger partial charge >= 0.3 is 5.97 Å². The van der Waals surface area contributed by atoms with Crippen LogP contribution in [0.2, 0.25) is 0 Å². The summed E-state index contributed by atoms with van der Waals surface area (Å²) >= 11 is 0. The van der Waals surface area contributed by atoms with Crippen LogP contribution in [0.25, 0.3) is 0 Å². The molecule has 6 nitrogen and oxygen atoms in total. The minimum atomic E-state index is -0.986. The zero-order valence-corrected chi connectivity index (χ0v) is 9.49. The highest BCUT2D eigenvalue weighted by molar-refractivity contribution is 5.82. The molecule has 0 aromatic rings. The molecule has 0 aromatic heterocycles. The number of carbonyl (C=O) groups excluding carboxylic acids is 1. The van der Waals surface area contributed by atoms with Crippen molar-refractivity contribution in [3.8, 4) is 6.07 Å². The summed E-state index contributed by atoms with van der Waals surface area (Å²) in [7, 11) is 0. The van der Waals surface area contributed by atoms with Gasteiger partial charge in [0.25, 0.3) is 0 Å². The number of nitrogens with zero attached hydrogens (tertiary/aromatic N) is 1. The molecule has 0 aromatic carbocycles. The Balaban J connectivity index is 3.98. The molecule has 0 fully saturated rings. The van der Waals surface area contributed by atoms with Crippen molar-refractivity contribution < 1.29 is 14.7 Å². The lowest BCUT2D eigenvalue weighted by atomic mass is 9.96. The maximum atomic E-state index is 11.4. The summed E-state index contributed by atoms with van der Waals surface area (Å²) < 4.78 is 0. The van der Waals surface area contributed by atoms with Gasteiger partial charge in [-0.25, -0.2) is 0 Å². The highest BCUT2D eigenvalue weighted by Gasteiger charge is 2.20. The predicted octanol–water partition coefficient (Wildman–Crippen LogP) is -0.156. The van der Waals surface area contributed by atoms with Gasteiger partial charge in [0.1, 0.15) is 0 Å². The molecule has 0 heterocycles. The van der Waals surface area contributed by atoms with Crippen molar-refractivity contribution in [3.05, 3.63) is 0 Å². The maximum absolute atomic E-state index is 11.4. The average molecular weight is 227 g/mol. The Morgan fingerprint density at radius 2 is 2.12 bits per heavy atom. The number of hydrogen-bond acceptors (Lipinski definition) is 4. The molecule has 6 heteroatoms. The molecule has 16 heavy (non-hydrogen) atoms. The molecule has 1 atom stereocenters. The van der Waals surface area contributed by atoms with E-state index in [4.69, 9.17) is 16.1 Å². The number of aliphatic carboxylic acids is 1. The summed E-state index contributed by atoms with van der Waals surface area (Å²) in [4.78, 5) is 21.6. The summed E-state index contributed by atoms with van der Waals surface area (Å²) in [5.74, 6) is -1.41. The number of nitriles is 1. The van der Waals surface area contributed by atoms with Gasteiger partial charge in [-0.05, 0) is 20.3 Å². The molecule has 1 amide bonds. The first-order valence-corrected chi connectivity index (χ1v) is 4.95. The van der Waals surface area contributed by atoms with E-state index >= 15 is 0 Å². The molecule has 0 bridgehead atoms.